The van der Waals surface area contributed by atoms with Crippen LogP contribution in [0.1, 0.15) is 378 Å². The van der Waals surface area contributed by atoms with Crippen molar-refractivity contribution in [3.63, 3.8) is 0 Å². The maximum Gasteiger partial charge on any atom is 0.406 e. The summed E-state index contributed by atoms with van der Waals surface area (Å²) >= 11 is 0. The minimum absolute atomic E-state index is 0. The number of alkyl halides is 3. The molecule has 1 N–H and O–H groups in total. The van der Waals surface area contributed by atoms with Gasteiger partial charge in [-0.15, -0.1) is 0 Å². The molecule has 87 heavy (non-hydrogen) atoms. The van der Waals surface area contributed by atoms with Crippen LogP contribution in [0.4, 0.5) is 18.0 Å². The third-order valence-corrected chi connectivity index (χ3v) is 16.7. The van der Waals surface area contributed by atoms with Gasteiger partial charge < -0.3 is 22.2 Å². The summed E-state index contributed by atoms with van der Waals surface area (Å²) in [5.74, 6) is 0.451. The SMILES string of the molecule is CC.CC.CC.CCC(C)(C)C.CCC(C)(C)C.CCC(C)(C)C.CCC(C)(C)C.CCC(C)(C)C(=O)OCCNC(=O)OC.CCC(C)(C)C(C)(C)C(C)(C)C.CCC(C)(C)CC.CCC(C)(C)CC(F)(F)F.CCC(C)c1ccc(C)cc1.[CH3-].[Rf]. The van der Waals surface area contributed by atoms with Crippen molar-refractivity contribution in [2.75, 3.05) is 20.3 Å². The van der Waals surface area contributed by atoms with Gasteiger partial charge in [-0.25, -0.2) is 4.79 Å². The van der Waals surface area contributed by atoms with Crippen molar-refractivity contribution in [3.8, 4) is 0 Å². The predicted molar refractivity (Wildman–Crippen MR) is 391 cm³/mol. The molecule has 0 saturated carbocycles. The molecular weight excluding hydrogens is 1340 g/mol. The van der Waals surface area contributed by atoms with Crippen LogP contribution >= 0.6 is 0 Å². The topological polar surface area (TPSA) is 64.6 Å². The molecule has 0 saturated heterocycles. The fourth-order valence-corrected chi connectivity index (χ4v) is 4.21. The van der Waals surface area contributed by atoms with Crippen LogP contribution < -0.4 is 5.32 Å². The molecule has 0 aliphatic heterocycles. The Morgan fingerprint density at radius 3 is 0.931 bits per heavy atom. The van der Waals surface area contributed by atoms with E-state index in [1.165, 1.54) is 69.6 Å². The molecule has 1 unspecified atom stereocenters. The van der Waals surface area contributed by atoms with Crippen molar-refractivity contribution in [2.24, 2.45) is 54.1 Å². The van der Waals surface area contributed by atoms with Gasteiger partial charge in [0.15, 0.2) is 0 Å². The molecule has 1 aromatic carbocycles. The maximum atomic E-state index is 11.7. The number of alkyl carbamates (subject to hydrolysis) is 1. The quantitative estimate of drug-likeness (QED) is 0.121. The van der Waals surface area contributed by atoms with Crippen LogP contribution in [0.2, 0.25) is 0 Å². The molecule has 1 amide bonds. The fourth-order valence-electron chi connectivity index (χ4n) is 4.21. The van der Waals surface area contributed by atoms with Crippen LogP contribution in [0.5, 0.6) is 0 Å². The van der Waals surface area contributed by atoms with E-state index in [0.29, 0.717) is 55.7 Å². The molecule has 1 rings (SSSR count). The Hall–Kier alpha value is -3.25. The molecule has 0 spiro atoms. The molecule has 0 aromatic heterocycles. The number of carbonyl (C=O) groups is 2. The Kier molecular flexibility index (Phi) is 76.2. The molecule has 532 valence electrons. The standard InChI is InChI=1S/C12H26.C11H16.C10H19NO4.C7H13F3.C7H16.4C6H14.3C2H6.CH3.Rf/c1-9-11(5,6)12(7,8)10(2,3)4;1-4-10(3)11-7-5-9(2)6-8-11;1-5-10(2,3)8(12)15-7-6-11-9(13)14-4;1-4-6(2,3)5-7(8,9)10;1-5-7(3,4)6-2;4*1-5-6(2,3)4;3*1-2;;/h9H2,1-8H3;5-8,10H,4H2,1-3H3;5-7H2,1-4H3,(H,11,13);4-5H2,1-3H3;5-6H2,1-4H3;4*5H2,1-4H3;3*1-2H3;1H3;/q;;;;;;;;;;;;-1;. The summed E-state index contributed by atoms with van der Waals surface area (Å²) in [6.07, 6.45) is 6.20. The van der Waals surface area contributed by atoms with Crippen molar-refractivity contribution >= 4 is 12.1 Å². The van der Waals surface area contributed by atoms with Crippen molar-refractivity contribution in [1.82, 2.24) is 5.32 Å². The first kappa shape index (κ1) is 115. The molecule has 0 heterocycles. The Labute approximate surface area is 544 Å². The molecule has 9 heteroatoms. The number of aryl methyl sites for hydroxylation is 1. The normalized spacial score (nSPS) is 11.6. The molecule has 0 bridgehead atoms. The molecular formula is C78H167F3NO4Rf-. The van der Waals surface area contributed by atoms with E-state index in [-0.39, 0.29) is 26.5 Å². The summed E-state index contributed by atoms with van der Waals surface area (Å²) < 4.78 is 44.6. The minimum Gasteiger partial charge on any atom is -0.463 e. The molecule has 0 fully saturated rings. The van der Waals surface area contributed by atoms with Crippen molar-refractivity contribution < 1.29 is 32.2 Å². The number of halogens is 3. The second-order valence-electron chi connectivity index (χ2n) is 31.0. The van der Waals surface area contributed by atoms with Crippen molar-refractivity contribution in [3.05, 3.63) is 42.8 Å². The van der Waals surface area contributed by atoms with Crippen molar-refractivity contribution in [1.29, 1.82) is 0 Å². The van der Waals surface area contributed by atoms with Gasteiger partial charge in [-0.2, -0.15) is 13.2 Å². The summed E-state index contributed by atoms with van der Waals surface area (Å²) in [6, 6.07) is 8.82. The molecule has 5 nitrogen and oxygen atoms in total. The Balaban J connectivity index is -0.0000000646. The van der Waals surface area contributed by atoms with E-state index in [1.54, 1.807) is 20.8 Å². The number of rotatable bonds is 13. The summed E-state index contributed by atoms with van der Waals surface area (Å²) in [7, 11) is 1.28. The maximum absolute atomic E-state index is 11.7. The summed E-state index contributed by atoms with van der Waals surface area (Å²) in [5, 5.41) is 2.42. The van der Waals surface area contributed by atoms with Gasteiger partial charge in [-0.3, -0.25) is 4.79 Å². The third kappa shape index (κ3) is 87.0. The zero-order valence-electron chi connectivity index (χ0n) is 68.6. The van der Waals surface area contributed by atoms with Crippen LogP contribution in [0.25, 0.3) is 0 Å². The van der Waals surface area contributed by atoms with Gasteiger partial charge >= 0.3 is 18.2 Å². The van der Waals surface area contributed by atoms with Gasteiger partial charge in [0.1, 0.15) is 6.61 Å². The first-order valence-corrected chi connectivity index (χ1v) is 34.0. The molecule has 0 radical (unpaired) electrons. The van der Waals surface area contributed by atoms with E-state index in [1.807, 2.05) is 62.3 Å². The second kappa shape index (κ2) is 57.9. The molecule has 0 aliphatic carbocycles. The van der Waals surface area contributed by atoms with E-state index >= 15 is 0 Å². The fraction of sp³-hybridized carbons (Fsp3) is 0.885. The Morgan fingerprint density at radius 1 is 0.483 bits per heavy atom. The van der Waals surface area contributed by atoms with E-state index in [9.17, 15) is 22.8 Å². The summed E-state index contributed by atoms with van der Waals surface area (Å²) in [5.41, 5.74) is 5.67. The van der Waals surface area contributed by atoms with E-state index in [4.69, 9.17) is 4.74 Å². The average molecular weight is 1510 g/mol. The third-order valence-electron chi connectivity index (χ3n) is 16.7. The Bertz CT molecular complexity index is 1510. The predicted octanol–water partition coefficient (Wildman–Crippen LogP) is 28.8. The Morgan fingerprint density at radius 2 is 0.770 bits per heavy atom. The number of hydrogen-bond acceptors (Lipinski definition) is 4. The number of methoxy groups -OCH3 is 1. The number of ether oxygens (including phenoxy) is 2. The van der Waals surface area contributed by atoms with Crippen LogP contribution in [0.3, 0.4) is 0 Å². The summed E-state index contributed by atoms with van der Waals surface area (Å²) in [6.45, 7) is 93.3. The molecule has 1 aromatic rings. The monoisotopic (exact) mass is 1510 g/mol. The van der Waals surface area contributed by atoms with Crippen molar-refractivity contribution in [2.45, 2.75) is 380 Å². The molecule has 1 atom stereocenters. The van der Waals surface area contributed by atoms with Gasteiger partial charge in [-0.1, -0.05) is 358 Å². The zero-order chi connectivity index (χ0) is 71.5. The van der Waals surface area contributed by atoms with Gasteiger partial charge in [0.05, 0.1) is 19.1 Å². The second-order valence-corrected chi connectivity index (χ2v) is 31.0. The van der Waals surface area contributed by atoms with Crippen LogP contribution in [-0.2, 0) is 14.3 Å². The number of hydrogen-bond donors (Lipinski definition) is 1. The van der Waals surface area contributed by atoms with E-state index < -0.39 is 29.5 Å². The number of esters is 1. The van der Waals surface area contributed by atoms with E-state index in [2.05, 4.69) is 249 Å². The number of amides is 1. The zero-order valence-corrected chi connectivity index (χ0v) is 75.0. The number of nitrogens with one attached hydrogen (secondary N) is 1. The van der Waals surface area contributed by atoms with Gasteiger partial charge in [-0.05, 0) is 93.8 Å². The van der Waals surface area contributed by atoms with Crippen LogP contribution in [0, 0.1) is 68.5 Å². The van der Waals surface area contributed by atoms with Gasteiger partial charge in [0.25, 0.3) is 0 Å². The number of carbonyl (C=O) groups excluding carboxylic acids is 2. The minimum atomic E-state index is -4.01. The summed E-state index contributed by atoms with van der Waals surface area (Å²) in [4.78, 5) is 22.1. The first-order chi connectivity index (χ1) is 37.9. The molecule has 0 aliphatic rings. The van der Waals surface area contributed by atoms with Gasteiger partial charge in [0.2, 0.25) is 0 Å². The number of benzene rings is 1. The van der Waals surface area contributed by atoms with E-state index in [0.717, 1.165) is 6.42 Å². The smallest absolute Gasteiger partial charge is 0.406 e. The largest absolute Gasteiger partial charge is 0.463 e. The van der Waals surface area contributed by atoms with Crippen LogP contribution in [-0.4, -0.2) is 38.5 Å². The van der Waals surface area contributed by atoms with Crippen LogP contribution in [0.15, 0.2) is 24.3 Å². The average Bonchev–Trinajstić information content (AvgIpc) is 3.40. The first-order valence-electron chi connectivity index (χ1n) is 34.0. The van der Waals surface area contributed by atoms with Gasteiger partial charge in [0, 0.05) is 6.42 Å².